The number of carbonyl (C=O) groups is 1. The molecule has 5 heteroatoms. The van der Waals surface area contributed by atoms with Crippen LogP contribution in [-0.4, -0.2) is 41.6 Å². The van der Waals surface area contributed by atoms with E-state index < -0.39 is 0 Å². The largest absolute Gasteiger partial charge is 0.343 e. The van der Waals surface area contributed by atoms with Gasteiger partial charge in [-0.3, -0.25) is 9.89 Å². The van der Waals surface area contributed by atoms with Crippen molar-refractivity contribution in [2.45, 2.75) is 18.9 Å². The van der Waals surface area contributed by atoms with Crippen molar-refractivity contribution in [2.24, 2.45) is 0 Å². The third-order valence-electron chi connectivity index (χ3n) is 2.66. The topological polar surface area (TPSA) is 61.0 Å². The van der Waals surface area contributed by atoms with Gasteiger partial charge in [0.15, 0.2) is 0 Å². The van der Waals surface area contributed by atoms with E-state index in [0.29, 0.717) is 11.7 Å². The summed E-state index contributed by atoms with van der Waals surface area (Å²) < 4.78 is 0. The maximum absolute atomic E-state index is 11.6. The van der Waals surface area contributed by atoms with Gasteiger partial charge in [-0.2, -0.15) is 5.10 Å². The first-order valence-electron chi connectivity index (χ1n) is 5.19. The van der Waals surface area contributed by atoms with Gasteiger partial charge in [-0.1, -0.05) is 0 Å². The lowest BCUT2D eigenvalue weighted by molar-refractivity contribution is 0.0822. The number of nitrogens with zero attached hydrogens (tertiary/aromatic N) is 2. The van der Waals surface area contributed by atoms with E-state index in [1.54, 1.807) is 14.1 Å². The summed E-state index contributed by atoms with van der Waals surface area (Å²) in [5, 5.41) is 10.3. The Morgan fingerprint density at radius 1 is 1.60 bits per heavy atom. The van der Waals surface area contributed by atoms with E-state index in [0.717, 1.165) is 18.7 Å². The van der Waals surface area contributed by atoms with Gasteiger partial charge in [0.1, 0.15) is 5.69 Å². The second kappa shape index (κ2) is 4.02. The fraction of sp³-hybridized carbons (Fsp3) is 0.600. The second-order valence-corrected chi connectivity index (χ2v) is 4.06. The monoisotopic (exact) mass is 208 g/mol. The summed E-state index contributed by atoms with van der Waals surface area (Å²) in [7, 11) is 3.45. The lowest BCUT2D eigenvalue weighted by Crippen LogP contribution is -2.21. The third kappa shape index (κ3) is 2.02. The van der Waals surface area contributed by atoms with Gasteiger partial charge in [-0.25, -0.2) is 0 Å². The minimum Gasteiger partial charge on any atom is -0.343 e. The molecule has 0 spiro atoms. The van der Waals surface area contributed by atoms with Crippen LogP contribution >= 0.6 is 0 Å². The Labute approximate surface area is 88.8 Å². The fourth-order valence-electron chi connectivity index (χ4n) is 1.80. The third-order valence-corrected chi connectivity index (χ3v) is 2.66. The van der Waals surface area contributed by atoms with Crippen molar-refractivity contribution < 1.29 is 4.79 Å². The molecular formula is C10H16N4O. The molecule has 0 saturated carbocycles. The van der Waals surface area contributed by atoms with Crippen LogP contribution in [0.2, 0.25) is 0 Å². The van der Waals surface area contributed by atoms with Crippen molar-refractivity contribution in [1.29, 1.82) is 0 Å². The molecule has 1 amide bonds. The van der Waals surface area contributed by atoms with Crippen LogP contribution in [0.5, 0.6) is 0 Å². The van der Waals surface area contributed by atoms with Crippen LogP contribution in [0.25, 0.3) is 0 Å². The second-order valence-electron chi connectivity index (χ2n) is 4.06. The first-order chi connectivity index (χ1) is 7.18. The molecule has 1 saturated heterocycles. The van der Waals surface area contributed by atoms with Crippen LogP contribution in [0.3, 0.4) is 0 Å². The first-order valence-corrected chi connectivity index (χ1v) is 5.19. The number of nitrogens with one attached hydrogen (secondary N) is 2. The van der Waals surface area contributed by atoms with Crippen LogP contribution in [0.1, 0.15) is 35.1 Å². The van der Waals surface area contributed by atoms with Crippen LogP contribution in [0.15, 0.2) is 6.07 Å². The molecule has 1 aliphatic heterocycles. The zero-order chi connectivity index (χ0) is 10.8. The molecule has 2 N–H and O–H groups in total. The molecule has 15 heavy (non-hydrogen) atoms. The summed E-state index contributed by atoms with van der Waals surface area (Å²) in [5.41, 5.74) is 1.50. The molecule has 1 aromatic heterocycles. The Kier molecular flexibility index (Phi) is 2.73. The SMILES string of the molecule is CN(C)C(=O)c1cc(C2CCCN2)[nH]n1. The summed E-state index contributed by atoms with van der Waals surface area (Å²) in [6.07, 6.45) is 2.29. The van der Waals surface area contributed by atoms with E-state index in [-0.39, 0.29) is 5.91 Å². The number of aromatic amines is 1. The van der Waals surface area contributed by atoms with Crippen molar-refractivity contribution in [3.8, 4) is 0 Å². The van der Waals surface area contributed by atoms with Crippen molar-refractivity contribution >= 4 is 5.91 Å². The molecule has 1 atom stereocenters. The summed E-state index contributed by atoms with van der Waals surface area (Å²) >= 11 is 0. The Balaban J connectivity index is 2.12. The van der Waals surface area contributed by atoms with E-state index >= 15 is 0 Å². The maximum atomic E-state index is 11.6. The van der Waals surface area contributed by atoms with Gasteiger partial charge in [0, 0.05) is 20.1 Å². The molecule has 1 aromatic rings. The van der Waals surface area contributed by atoms with Crippen LogP contribution in [0, 0.1) is 0 Å². The van der Waals surface area contributed by atoms with Crippen LogP contribution < -0.4 is 5.32 Å². The quantitative estimate of drug-likeness (QED) is 0.745. The molecule has 0 bridgehead atoms. The van der Waals surface area contributed by atoms with Gasteiger partial charge in [0.05, 0.1) is 5.69 Å². The number of H-pyrrole nitrogens is 1. The minimum atomic E-state index is -0.0597. The number of hydrogen-bond donors (Lipinski definition) is 2. The molecule has 82 valence electrons. The number of carbonyl (C=O) groups excluding carboxylic acids is 1. The van der Waals surface area contributed by atoms with E-state index in [9.17, 15) is 4.79 Å². The molecular weight excluding hydrogens is 192 g/mol. The van der Waals surface area contributed by atoms with E-state index in [4.69, 9.17) is 0 Å². The van der Waals surface area contributed by atoms with Crippen molar-refractivity contribution in [1.82, 2.24) is 20.4 Å². The Hall–Kier alpha value is -1.36. The van der Waals surface area contributed by atoms with E-state index in [2.05, 4.69) is 15.5 Å². The smallest absolute Gasteiger partial charge is 0.273 e. The lowest BCUT2D eigenvalue weighted by atomic mass is 10.1. The van der Waals surface area contributed by atoms with Crippen molar-refractivity contribution in [3.05, 3.63) is 17.5 Å². The standard InChI is InChI=1S/C10H16N4O/c1-14(2)10(15)9-6-8(12-13-9)7-4-3-5-11-7/h6-7,11H,3-5H2,1-2H3,(H,12,13). The molecule has 1 fully saturated rings. The summed E-state index contributed by atoms with van der Waals surface area (Å²) in [6, 6.07) is 2.17. The number of aromatic nitrogens is 2. The van der Waals surface area contributed by atoms with E-state index in [1.807, 2.05) is 6.07 Å². The highest BCUT2D eigenvalue weighted by atomic mass is 16.2. The zero-order valence-corrected chi connectivity index (χ0v) is 9.08. The van der Waals surface area contributed by atoms with E-state index in [1.165, 1.54) is 11.3 Å². The average molecular weight is 208 g/mol. The molecule has 2 heterocycles. The highest BCUT2D eigenvalue weighted by Crippen LogP contribution is 2.21. The molecule has 1 aliphatic rings. The van der Waals surface area contributed by atoms with Crippen LogP contribution in [-0.2, 0) is 0 Å². The molecule has 5 nitrogen and oxygen atoms in total. The molecule has 0 aromatic carbocycles. The highest BCUT2D eigenvalue weighted by Gasteiger charge is 2.20. The Morgan fingerprint density at radius 3 is 3.00 bits per heavy atom. The van der Waals surface area contributed by atoms with Gasteiger partial charge >= 0.3 is 0 Å². The molecule has 0 radical (unpaired) electrons. The highest BCUT2D eigenvalue weighted by molar-refractivity contribution is 5.91. The zero-order valence-electron chi connectivity index (χ0n) is 9.08. The first kappa shape index (κ1) is 10.2. The van der Waals surface area contributed by atoms with Gasteiger partial charge in [-0.15, -0.1) is 0 Å². The van der Waals surface area contributed by atoms with Crippen LogP contribution in [0.4, 0.5) is 0 Å². The fourth-order valence-corrected chi connectivity index (χ4v) is 1.80. The predicted octanol–water partition coefficient (Wildman–Crippen LogP) is 0.536. The minimum absolute atomic E-state index is 0.0597. The molecule has 2 rings (SSSR count). The Morgan fingerprint density at radius 2 is 2.40 bits per heavy atom. The maximum Gasteiger partial charge on any atom is 0.273 e. The van der Waals surface area contributed by atoms with Gasteiger partial charge in [-0.05, 0) is 25.5 Å². The predicted molar refractivity (Wildman–Crippen MR) is 56.6 cm³/mol. The normalized spacial score (nSPS) is 20.5. The van der Waals surface area contributed by atoms with Gasteiger partial charge in [0.2, 0.25) is 0 Å². The summed E-state index contributed by atoms with van der Waals surface area (Å²) in [6.45, 7) is 1.04. The summed E-state index contributed by atoms with van der Waals surface area (Å²) in [5.74, 6) is -0.0597. The molecule has 0 aliphatic carbocycles. The van der Waals surface area contributed by atoms with Crippen molar-refractivity contribution in [2.75, 3.05) is 20.6 Å². The number of hydrogen-bond acceptors (Lipinski definition) is 3. The average Bonchev–Trinajstić information content (AvgIpc) is 2.86. The summed E-state index contributed by atoms with van der Waals surface area (Å²) in [4.78, 5) is 13.1. The Bertz CT molecular complexity index is 352. The number of amides is 1. The molecule has 1 unspecified atom stereocenters. The lowest BCUT2D eigenvalue weighted by Gasteiger charge is -2.07. The number of rotatable bonds is 2. The van der Waals surface area contributed by atoms with Gasteiger partial charge < -0.3 is 10.2 Å². The van der Waals surface area contributed by atoms with Crippen molar-refractivity contribution in [3.63, 3.8) is 0 Å². The van der Waals surface area contributed by atoms with Gasteiger partial charge in [0.25, 0.3) is 5.91 Å².